The van der Waals surface area contributed by atoms with E-state index in [1.165, 1.54) is 0 Å². The number of benzene rings is 1. The average molecular weight is 495 g/mol. The van der Waals surface area contributed by atoms with Gasteiger partial charge in [0.05, 0.1) is 6.10 Å². The number of ether oxygens (including phenoxy) is 2. The summed E-state index contributed by atoms with van der Waals surface area (Å²) < 4.78 is 17.7. The SMILES string of the molecule is CC(C)[Si](O[C@@H](CCNC(=O)OC(C)(C)C)[C@H](N)C(=O)OCc1ccccc1)(C(C)C)C(C)C. The Balaban J connectivity index is 3.02. The predicted molar refractivity (Wildman–Crippen MR) is 139 cm³/mol. The Morgan fingerprint density at radius 3 is 1.97 bits per heavy atom. The standard InChI is InChI=1S/C26H46N2O5Si/c1-18(2)34(19(3)4,20(5)6)33-22(15-16-28-25(30)32-26(7,8)9)23(27)24(29)31-17-21-13-11-10-12-14-21/h10-14,18-20,22-23H,15-17,27H2,1-9H3,(H,28,30)/t22-,23-/m0/s1. The van der Waals surface area contributed by atoms with Crippen LogP contribution < -0.4 is 11.1 Å². The highest BCUT2D eigenvalue weighted by Crippen LogP contribution is 2.43. The fourth-order valence-corrected chi connectivity index (χ4v) is 10.2. The van der Waals surface area contributed by atoms with Gasteiger partial charge in [0.2, 0.25) is 8.32 Å². The van der Waals surface area contributed by atoms with Crippen LogP contribution in [0.5, 0.6) is 0 Å². The second-order valence-corrected chi connectivity index (χ2v) is 16.2. The van der Waals surface area contributed by atoms with E-state index < -0.39 is 38.1 Å². The van der Waals surface area contributed by atoms with Crippen molar-refractivity contribution in [3.05, 3.63) is 35.9 Å². The quantitative estimate of drug-likeness (QED) is 0.293. The zero-order chi connectivity index (χ0) is 26.1. The minimum Gasteiger partial charge on any atom is -0.460 e. The molecule has 0 aliphatic carbocycles. The second kappa shape index (κ2) is 13.3. The second-order valence-electron chi connectivity index (χ2n) is 10.8. The van der Waals surface area contributed by atoms with Gasteiger partial charge in [-0.15, -0.1) is 0 Å². The molecule has 0 unspecified atom stereocenters. The number of hydrogen-bond acceptors (Lipinski definition) is 6. The maximum absolute atomic E-state index is 12.9. The van der Waals surface area contributed by atoms with Crippen LogP contribution in [-0.4, -0.2) is 44.7 Å². The van der Waals surface area contributed by atoms with Gasteiger partial charge in [-0.2, -0.15) is 0 Å². The van der Waals surface area contributed by atoms with Crippen LogP contribution >= 0.6 is 0 Å². The largest absolute Gasteiger partial charge is 0.460 e. The third kappa shape index (κ3) is 9.04. The van der Waals surface area contributed by atoms with Gasteiger partial charge in [-0.05, 0) is 49.4 Å². The first-order valence-corrected chi connectivity index (χ1v) is 14.5. The lowest BCUT2D eigenvalue weighted by Gasteiger charge is -2.45. The van der Waals surface area contributed by atoms with Gasteiger partial charge in [0, 0.05) is 6.54 Å². The van der Waals surface area contributed by atoms with E-state index >= 15 is 0 Å². The number of esters is 1. The van der Waals surface area contributed by atoms with Crippen molar-refractivity contribution < 1.29 is 23.5 Å². The first-order chi connectivity index (χ1) is 15.7. The fraction of sp³-hybridized carbons (Fsp3) is 0.692. The van der Waals surface area contributed by atoms with Crippen LogP contribution in [0.15, 0.2) is 30.3 Å². The van der Waals surface area contributed by atoms with Crippen LogP contribution in [0.1, 0.15) is 74.3 Å². The Labute approximate surface area is 207 Å². The Morgan fingerprint density at radius 2 is 1.50 bits per heavy atom. The fourth-order valence-electron chi connectivity index (χ4n) is 4.59. The maximum Gasteiger partial charge on any atom is 0.407 e. The van der Waals surface area contributed by atoms with Gasteiger partial charge in [-0.1, -0.05) is 71.9 Å². The molecule has 0 radical (unpaired) electrons. The molecule has 3 N–H and O–H groups in total. The van der Waals surface area contributed by atoms with Gasteiger partial charge in [0.15, 0.2) is 0 Å². The molecule has 1 aromatic carbocycles. The topological polar surface area (TPSA) is 99.9 Å². The molecule has 0 saturated carbocycles. The number of nitrogens with two attached hydrogens (primary N) is 1. The van der Waals surface area contributed by atoms with E-state index in [2.05, 4.69) is 46.9 Å². The third-order valence-electron chi connectivity index (χ3n) is 6.06. The van der Waals surface area contributed by atoms with E-state index in [0.717, 1.165) is 5.56 Å². The molecule has 0 bridgehead atoms. The monoisotopic (exact) mass is 494 g/mol. The molecule has 0 spiro atoms. The highest BCUT2D eigenvalue weighted by atomic mass is 28.4. The zero-order valence-corrected chi connectivity index (χ0v) is 23.5. The molecule has 7 nitrogen and oxygen atoms in total. The summed E-state index contributed by atoms with van der Waals surface area (Å²) in [5.74, 6) is -0.509. The number of carbonyl (C=O) groups excluding carboxylic acids is 2. The highest BCUT2D eigenvalue weighted by molar-refractivity contribution is 6.77. The summed E-state index contributed by atoms with van der Waals surface area (Å²) in [4.78, 5) is 25.0. The molecule has 0 heterocycles. The summed E-state index contributed by atoms with van der Waals surface area (Å²) in [6, 6.07) is 8.52. The normalized spacial score (nSPS) is 14.3. The lowest BCUT2D eigenvalue weighted by molar-refractivity contribution is -0.149. The lowest BCUT2D eigenvalue weighted by Crippen LogP contribution is -2.56. The number of amides is 1. The molecule has 194 valence electrons. The molecule has 2 atom stereocenters. The van der Waals surface area contributed by atoms with Gasteiger partial charge in [-0.25, -0.2) is 4.79 Å². The van der Waals surface area contributed by atoms with Crippen LogP contribution in [0.25, 0.3) is 0 Å². The van der Waals surface area contributed by atoms with Crippen molar-refractivity contribution in [1.82, 2.24) is 5.32 Å². The molecule has 1 rings (SSSR count). The highest BCUT2D eigenvalue weighted by Gasteiger charge is 2.48. The van der Waals surface area contributed by atoms with E-state index in [4.69, 9.17) is 19.6 Å². The maximum atomic E-state index is 12.9. The third-order valence-corrected chi connectivity index (χ3v) is 12.2. The molecule has 1 amide bonds. The van der Waals surface area contributed by atoms with Crippen LogP contribution in [0.4, 0.5) is 4.79 Å². The van der Waals surface area contributed by atoms with E-state index in [1.54, 1.807) is 0 Å². The Bertz CT molecular complexity index is 740. The van der Waals surface area contributed by atoms with Crippen molar-refractivity contribution in [2.45, 2.75) is 110 Å². The number of rotatable bonds is 12. The summed E-state index contributed by atoms with van der Waals surface area (Å²) in [6.07, 6.45) is -0.717. The van der Waals surface area contributed by atoms with Crippen molar-refractivity contribution in [2.75, 3.05) is 6.54 Å². The molecule has 0 fully saturated rings. The van der Waals surface area contributed by atoms with Crippen LogP contribution in [0.2, 0.25) is 16.6 Å². The van der Waals surface area contributed by atoms with Crippen LogP contribution in [0, 0.1) is 0 Å². The number of hydrogen-bond donors (Lipinski definition) is 2. The van der Waals surface area contributed by atoms with Gasteiger partial charge >= 0.3 is 12.1 Å². The molecule has 1 aromatic rings. The summed E-state index contributed by atoms with van der Waals surface area (Å²) in [6.45, 7) is 18.9. The smallest absolute Gasteiger partial charge is 0.407 e. The average Bonchev–Trinajstić information content (AvgIpc) is 2.72. The summed E-state index contributed by atoms with van der Waals surface area (Å²) in [5, 5.41) is 2.76. The molecule has 0 aromatic heterocycles. The number of carbonyl (C=O) groups is 2. The van der Waals surface area contributed by atoms with Gasteiger partial charge in [0.1, 0.15) is 18.2 Å². The van der Waals surface area contributed by atoms with E-state index in [1.807, 2.05) is 51.1 Å². The lowest BCUT2D eigenvalue weighted by atomic mass is 10.1. The van der Waals surface area contributed by atoms with Gasteiger partial charge < -0.3 is 25.0 Å². The summed E-state index contributed by atoms with van der Waals surface area (Å²) >= 11 is 0. The molecule has 0 saturated heterocycles. The van der Waals surface area contributed by atoms with Crippen molar-refractivity contribution in [2.24, 2.45) is 5.73 Å². The minimum absolute atomic E-state index is 0.150. The summed E-state index contributed by atoms with van der Waals surface area (Å²) in [5.41, 5.74) is 7.69. The van der Waals surface area contributed by atoms with E-state index in [0.29, 0.717) is 23.0 Å². The van der Waals surface area contributed by atoms with Crippen LogP contribution in [-0.2, 0) is 25.3 Å². The van der Waals surface area contributed by atoms with Crippen LogP contribution in [0.3, 0.4) is 0 Å². The minimum atomic E-state index is -2.33. The molecular weight excluding hydrogens is 448 g/mol. The Kier molecular flexibility index (Phi) is 11.7. The van der Waals surface area contributed by atoms with Crippen molar-refractivity contribution >= 4 is 20.4 Å². The Hall–Kier alpha value is -1.90. The number of alkyl carbamates (subject to hydrolysis) is 1. The van der Waals surface area contributed by atoms with Crippen molar-refractivity contribution in [3.8, 4) is 0 Å². The summed E-state index contributed by atoms with van der Waals surface area (Å²) in [7, 11) is -2.33. The van der Waals surface area contributed by atoms with Gasteiger partial charge in [-0.3, -0.25) is 4.79 Å². The molecule has 0 aliphatic rings. The molecule has 34 heavy (non-hydrogen) atoms. The molecule has 0 aliphatic heterocycles. The van der Waals surface area contributed by atoms with E-state index in [-0.39, 0.29) is 13.2 Å². The Morgan fingerprint density at radius 1 is 0.971 bits per heavy atom. The molecular formula is C26H46N2O5Si. The van der Waals surface area contributed by atoms with Gasteiger partial charge in [0.25, 0.3) is 0 Å². The first-order valence-electron chi connectivity index (χ1n) is 12.3. The zero-order valence-electron chi connectivity index (χ0n) is 22.5. The van der Waals surface area contributed by atoms with Crippen molar-refractivity contribution in [3.63, 3.8) is 0 Å². The molecule has 8 heteroatoms. The van der Waals surface area contributed by atoms with E-state index in [9.17, 15) is 9.59 Å². The number of nitrogens with one attached hydrogen (secondary N) is 1. The predicted octanol–water partition coefficient (Wildman–Crippen LogP) is 5.53. The van der Waals surface area contributed by atoms with Crippen molar-refractivity contribution in [1.29, 1.82) is 0 Å². The first kappa shape index (κ1) is 30.1.